The first-order chi connectivity index (χ1) is 8.65. The lowest BCUT2D eigenvalue weighted by atomic mass is 9.95. The lowest BCUT2D eigenvalue weighted by Crippen LogP contribution is -2.18. The molecular weight excluding hydrogens is 224 g/mol. The standard InChI is InChI=1S/C16H24O2/c1-4-12-7-8-14(10-13(12)5-2)16(17)15-9-6-11(3)18-15/h7-8,10-11,15-17H,4-6,9H2,1-3H3. The van der Waals surface area contributed by atoms with Crippen molar-refractivity contribution in [2.75, 3.05) is 0 Å². The molecule has 1 aromatic rings. The maximum Gasteiger partial charge on any atom is 0.105 e. The molecule has 2 heteroatoms. The number of aryl methyl sites for hydroxylation is 2. The molecule has 1 saturated heterocycles. The highest BCUT2D eigenvalue weighted by atomic mass is 16.5. The van der Waals surface area contributed by atoms with Crippen molar-refractivity contribution in [1.82, 2.24) is 0 Å². The monoisotopic (exact) mass is 248 g/mol. The van der Waals surface area contributed by atoms with Crippen molar-refractivity contribution in [1.29, 1.82) is 0 Å². The Labute approximate surface area is 110 Å². The maximum absolute atomic E-state index is 10.4. The Balaban J connectivity index is 2.17. The highest BCUT2D eigenvalue weighted by molar-refractivity contribution is 5.33. The minimum Gasteiger partial charge on any atom is -0.386 e. The topological polar surface area (TPSA) is 29.5 Å². The number of rotatable bonds is 4. The quantitative estimate of drug-likeness (QED) is 0.884. The molecule has 0 radical (unpaired) electrons. The molecule has 3 unspecified atom stereocenters. The van der Waals surface area contributed by atoms with Gasteiger partial charge in [-0.15, -0.1) is 0 Å². The van der Waals surface area contributed by atoms with Crippen LogP contribution < -0.4 is 0 Å². The molecule has 0 aliphatic carbocycles. The number of hydrogen-bond acceptors (Lipinski definition) is 2. The minimum atomic E-state index is -0.480. The van der Waals surface area contributed by atoms with Gasteiger partial charge in [0.1, 0.15) is 6.10 Å². The molecule has 0 saturated carbocycles. The van der Waals surface area contributed by atoms with Gasteiger partial charge in [0, 0.05) is 0 Å². The zero-order valence-corrected chi connectivity index (χ0v) is 11.6. The van der Waals surface area contributed by atoms with Crippen molar-refractivity contribution in [3.63, 3.8) is 0 Å². The highest BCUT2D eigenvalue weighted by Crippen LogP contribution is 2.31. The van der Waals surface area contributed by atoms with E-state index in [0.717, 1.165) is 31.2 Å². The average molecular weight is 248 g/mol. The Morgan fingerprint density at radius 2 is 1.94 bits per heavy atom. The van der Waals surface area contributed by atoms with Crippen molar-refractivity contribution < 1.29 is 9.84 Å². The molecule has 100 valence electrons. The van der Waals surface area contributed by atoms with Gasteiger partial charge in [-0.2, -0.15) is 0 Å². The van der Waals surface area contributed by atoms with Crippen LogP contribution in [0.3, 0.4) is 0 Å². The van der Waals surface area contributed by atoms with Gasteiger partial charge in [-0.05, 0) is 49.3 Å². The molecule has 18 heavy (non-hydrogen) atoms. The van der Waals surface area contributed by atoms with Gasteiger partial charge in [-0.25, -0.2) is 0 Å². The second kappa shape index (κ2) is 5.85. The van der Waals surface area contributed by atoms with E-state index < -0.39 is 6.10 Å². The zero-order chi connectivity index (χ0) is 13.1. The number of hydrogen-bond donors (Lipinski definition) is 1. The summed E-state index contributed by atoms with van der Waals surface area (Å²) in [6.07, 6.45) is 3.85. The molecule has 1 fully saturated rings. The maximum atomic E-state index is 10.4. The van der Waals surface area contributed by atoms with Crippen LogP contribution >= 0.6 is 0 Å². The lowest BCUT2D eigenvalue weighted by Gasteiger charge is -2.20. The van der Waals surface area contributed by atoms with E-state index in [2.05, 4.69) is 39.0 Å². The van der Waals surface area contributed by atoms with E-state index in [0.29, 0.717) is 0 Å². The zero-order valence-electron chi connectivity index (χ0n) is 11.6. The Morgan fingerprint density at radius 3 is 2.50 bits per heavy atom. The first-order valence-electron chi connectivity index (χ1n) is 7.10. The van der Waals surface area contributed by atoms with Crippen LogP contribution in [0.2, 0.25) is 0 Å². The fraction of sp³-hybridized carbons (Fsp3) is 0.625. The van der Waals surface area contributed by atoms with E-state index >= 15 is 0 Å². The van der Waals surface area contributed by atoms with Gasteiger partial charge in [0.2, 0.25) is 0 Å². The van der Waals surface area contributed by atoms with Crippen molar-refractivity contribution in [3.8, 4) is 0 Å². The summed E-state index contributed by atoms with van der Waals surface area (Å²) in [5.41, 5.74) is 3.73. The Morgan fingerprint density at radius 1 is 1.22 bits per heavy atom. The molecule has 1 aromatic carbocycles. The predicted molar refractivity (Wildman–Crippen MR) is 73.7 cm³/mol. The molecule has 1 aliphatic heterocycles. The van der Waals surface area contributed by atoms with Crippen LogP contribution in [0.1, 0.15) is 56.4 Å². The van der Waals surface area contributed by atoms with E-state index in [1.807, 2.05) is 0 Å². The summed E-state index contributed by atoms with van der Waals surface area (Å²) in [5, 5.41) is 10.4. The molecule has 3 atom stereocenters. The first-order valence-corrected chi connectivity index (χ1v) is 7.10. The fourth-order valence-electron chi connectivity index (χ4n) is 2.78. The highest BCUT2D eigenvalue weighted by Gasteiger charge is 2.29. The van der Waals surface area contributed by atoms with Crippen molar-refractivity contribution in [2.24, 2.45) is 0 Å². The minimum absolute atomic E-state index is 0.0304. The second-order valence-electron chi connectivity index (χ2n) is 5.24. The molecule has 2 rings (SSSR count). The third-order valence-electron chi connectivity index (χ3n) is 3.95. The van der Waals surface area contributed by atoms with Crippen LogP contribution in [-0.2, 0) is 17.6 Å². The summed E-state index contributed by atoms with van der Waals surface area (Å²) in [6.45, 7) is 6.41. The van der Waals surface area contributed by atoms with Gasteiger partial charge in [0.15, 0.2) is 0 Å². The lowest BCUT2D eigenvalue weighted by molar-refractivity contribution is -0.0297. The molecule has 1 heterocycles. The number of aliphatic hydroxyl groups excluding tert-OH is 1. The molecule has 0 spiro atoms. The summed E-state index contributed by atoms with van der Waals surface area (Å²) >= 11 is 0. The van der Waals surface area contributed by atoms with Gasteiger partial charge in [0.25, 0.3) is 0 Å². The number of benzene rings is 1. The molecule has 0 amide bonds. The number of aliphatic hydroxyl groups is 1. The fourth-order valence-corrected chi connectivity index (χ4v) is 2.78. The summed E-state index contributed by atoms with van der Waals surface area (Å²) in [7, 11) is 0. The summed E-state index contributed by atoms with van der Waals surface area (Å²) in [4.78, 5) is 0. The first kappa shape index (κ1) is 13.6. The van der Waals surface area contributed by atoms with Crippen molar-refractivity contribution in [3.05, 3.63) is 34.9 Å². The number of ether oxygens (including phenoxy) is 1. The van der Waals surface area contributed by atoms with Gasteiger partial charge in [0.05, 0.1) is 12.2 Å². The van der Waals surface area contributed by atoms with Gasteiger partial charge < -0.3 is 9.84 Å². The van der Waals surface area contributed by atoms with Gasteiger partial charge in [-0.1, -0.05) is 32.0 Å². The Hall–Kier alpha value is -0.860. The Kier molecular flexibility index (Phi) is 4.41. The van der Waals surface area contributed by atoms with E-state index in [9.17, 15) is 5.11 Å². The van der Waals surface area contributed by atoms with Gasteiger partial charge >= 0.3 is 0 Å². The third kappa shape index (κ3) is 2.76. The van der Waals surface area contributed by atoms with E-state index in [-0.39, 0.29) is 12.2 Å². The SMILES string of the molecule is CCc1ccc(C(O)C2CCC(C)O2)cc1CC. The van der Waals surface area contributed by atoms with Crippen molar-refractivity contribution >= 4 is 0 Å². The molecule has 2 nitrogen and oxygen atoms in total. The van der Waals surface area contributed by atoms with E-state index in [1.54, 1.807) is 0 Å². The van der Waals surface area contributed by atoms with E-state index in [4.69, 9.17) is 4.74 Å². The van der Waals surface area contributed by atoms with E-state index in [1.165, 1.54) is 11.1 Å². The molecule has 0 aromatic heterocycles. The van der Waals surface area contributed by atoms with Gasteiger partial charge in [-0.3, -0.25) is 0 Å². The van der Waals surface area contributed by atoms with Crippen LogP contribution in [0.5, 0.6) is 0 Å². The smallest absolute Gasteiger partial charge is 0.105 e. The molecular formula is C16H24O2. The Bertz CT molecular complexity index is 400. The van der Waals surface area contributed by atoms with Crippen LogP contribution in [0.25, 0.3) is 0 Å². The molecule has 0 bridgehead atoms. The average Bonchev–Trinajstić information content (AvgIpc) is 2.83. The third-order valence-corrected chi connectivity index (χ3v) is 3.95. The van der Waals surface area contributed by atoms with Crippen LogP contribution in [-0.4, -0.2) is 17.3 Å². The largest absolute Gasteiger partial charge is 0.386 e. The van der Waals surface area contributed by atoms with Crippen molar-refractivity contribution in [2.45, 2.75) is 64.8 Å². The van der Waals surface area contributed by atoms with Crippen LogP contribution in [0, 0.1) is 0 Å². The van der Waals surface area contributed by atoms with Crippen LogP contribution in [0.4, 0.5) is 0 Å². The predicted octanol–water partition coefficient (Wildman–Crippen LogP) is 3.41. The second-order valence-corrected chi connectivity index (χ2v) is 5.24. The summed E-state index contributed by atoms with van der Waals surface area (Å²) in [5.74, 6) is 0. The summed E-state index contributed by atoms with van der Waals surface area (Å²) < 4.78 is 5.76. The molecule has 1 aliphatic rings. The molecule has 1 N–H and O–H groups in total. The summed E-state index contributed by atoms with van der Waals surface area (Å²) in [6, 6.07) is 6.35. The normalized spacial score (nSPS) is 25.3. The van der Waals surface area contributed by atoms with Crippen LogP contribution in [0.15, 0.2) is 18.2 Å².